The van der Waals surface area contributed by atoms with E-state index in [1.54, 1.807) is 6.07 Å². The number of rotatable bonds is 7. The fraction of sp³-hybridized carbons (Fsp3) is 0.385. The van der Waals surface area contributed by atoms with Gasteiger partial charge in [-0.3, -0.25) is 4.79 Å². The van der Waals surface area contributed by atoms with E-state index in [0.717, 1.165) is 5.56 Å². The number of benzene rings is 1. The van der Waals surface area contributed by atoms with Crippen LogP contribution in [-0.2, 0) is 15.2 Å². The summed E-state index contributed by atoms with van der Waals surface area (Å²) in [7, 11) is -1.06. The van der Waals surface area contributed by atoms with E-state index in [0.29, 0.717) is 35.4 Å². The third-order valence-corrected chi connectivity index (χ3v) is 4.62. The number of nitrogens with zero attached hydrogens (tertiary/aromatic N) is 1. The lowest BCUT2D eigenvalue weighted by Gasteiger charge is -2.16. The van der Waals surface area contributed by atoms with Crippen molar-refractivity contribution >= 4 is 36.9 Å². The first kappa shape index (κ1) is 16.2. The standard InChI is InChI=1S/C13H17ClN3O3P/c1-3-19-21(20-4-2)7-8-5-9(14)6-10-11(8)17-13(16-10)12(15)18/h5-6H,3-4,7H2,1-2H3,(H2,15,18)(H,16,17). The van der Waals surface area contributed by atoms with E-state index in [1.807, 2.05) is 19.9 Å². The van der Waals surface area contributed by atoms with Crippen LogP contribution in [0.25, 0.3) is 11.0 Å². The number of primary amides is 1. The second-order valence-electron chi connectivity index (χ2n) is 4.24. The Morgan fingerprint density at radius 1 is 1.38 bits per heavy atom. The molecule has 0 aliphatic rings. The molecule has 1 aromatic carbocycles. The maximum absolute atomic E-state index is 11.2. The predicted octanol–water partition coefficient (Wildman–Crippen LogP) is 3.20. The second kappa shape index (κ2) is 7.18. The number of nitrogens with two attached hydrogens (primary N) is 1. The molecule has 8 heteroatoms. The number of carbonyl (C=O) groups is 1. The van der Waals surface area contributed by atoms with Crippen LogP contribution in [0.5, 0.6) is 0 Å². The van der Waals surface area contributed by atoms with Gasteiger partial charge in [0.05, 0.1) is 24.2 Å². The number of nitrogens with one attached hydrogen (secondary N) is 1. The number of fused-ring (bicyclic) bond motifs is 1. The van der Waals surface area contributed by atoms with Crippen molar-refractivity contribution in [3.05, 3.63) is 28.5 Å². The van der Waals surface area contributed by atoms with Crippen molar-refractivity contribution in [1.29, 1.82) is 0 Å². The van der Waals surface area contributed by atoms with Crippen molar-refractivity contribution in [3.63, 3.8) is 0 Å². The summed E-state index contributed by atoms with van der Waals surface area (Å²) in [4.78, 5) is 18.4. The number of halogens is 1. The van der Waals surface area contributed by atoms with Gasteiger partial charge in [-0.2, -0.15) is 0 Å². The van der Waals surface area contributed by atoms with Crippen molar-refractivity contribution in [3.8, 4) is 0 Å². The van der Waals surface area contributed by atoms with Gasteiger partial charge in [0.25, 0.3) is 5.91 Å². The van der Waals surface area contributed by atoms with Crippen molar-refractivity contribution < 1.29 is 13.8 Å². The number of carbonyl (C=O) groups excluding carboxylic acids is 1. The highest BCUT2D eigenvalue weighted by atomic mass is 35.5. The molecule has 0 fully saturated rings. The Labute approximate surface area is 128 Å². The summed E-state index contributed by atoms with van der Waals surface area (Å²) in [5.41, 5.74) is 7.46. The lowest BCUT2D eigenvalue weighted by atomic mass is 10.2. The van der Waals surface area contributed by atoms with Gasteiger partial charge in [-0.1, -0.05) is 11.6 Å². The van der Waals surface area contributed by atoms with E-state index in [1.165, 1.54) is 0 Å². The molecule has 2 rings (SSSR count). The van der Waals surface area contributed by atoms with E-state index in [9.17, 15) is 4.79 Å². The molecule has 3 N–H and O–H groups in total. The van der Waals surface area contributed by atoms with Crippen molar-refractivity contribution in [2.75, 3.05) is 13.2 Å². The topological polar surface area (TPSA) is 90.2 Å². The Kier molecular flexibility index (Phi) is 5.53. The van der Waals surface area contributed by atoms with E-state index < -0.39 is 14.3 Å². The minimum absolute atomic E-state index is 0.116. The molecule has 0 unspecified atom stereocenters. The summed E-state index contributed by atoms with van der Waals surface area (Å²) in [6, 6.07) is 3.52. The van der Waals surface area contributed by atoms with Crippen molar-refractivity contribution in [1.82, 2.24) is 9.97 Å². The summed E-state index contributed by atoms with van der Waals surface area (Å²) in [5.74, 6) is -0.490. The molecule has 1 amide bonds. The zero-order valence-electron chi connectivity index (χ0n) is 11.9. The number of aromatic nitrogens is 2. The monoisotopic (exact) mass is 329 g/mol. The number of amides is 1. The Bertz CT molecular complexity index is 641. The molecule has 1 aromatic heterocycles. The number of hydrogen-bond donors (Lipinski definition) is 2. The number of hydrogen-bond acceptors (Lipinski definition) is 4. The first-order valence-corrected chi connectivity index (χ1v) is 8.30. The molecular formula is C13H17ClN3O3P. The normalized spacial score (nSPS) is 11.4. The van der Waals surface area contributed by atoms with Gasteiger partial charge in [0.1, 0.15) is 0 Å². The first-order valence-electron chi connectivity index (χ1n) is 6.56. The van der Waals surface area contributed by atoms with Crippen LogP contribution in [0, 0.1) is 0 Å². The van der Waals surface area contributed by atoms with Gasteiger partial charge in [0.15, 0.2) is 14.2 Å². The molecule has 2 aromatic rings. The molecule has 0 saturated heterocycles. The second-order valence-corrected chi connectivity index (χ2v) is 6.17. The van der Waals surface area contributed by atoms with Crippen LogP contribution in [0.15, 0.2) is 12.1 Å². The van der Waals surface area contributed by atoms with E-state index >= 15 is 0 Å². The molecule has 1 heterocycles. The van der Waals surface area contributed by atoms with Gasteiger partial charge >= 0.3 is 0 Å². The van der Waals surface area contributed by atoms with Gasteiger partial charge in [-0.25, -0.2) is 4.98 Å². The molecule has 0 aliphatic carbocycles. The summed E-state index contributed by atoms with van der Waals surface area (Å²) in [6.45, 7) is 4.98. The molecule has 6 nitrogen and oxygen atoms in total. The zero-order chi connectivity index (χ0) is 15.4. The minimum Gasteiger partial charge on any atom is -0.363 e. The minimum atomic E-state index is -1.06. The van der Waals surface area contributed by atoms with Crippen LogP contribution in [-0.4, -0.2) is 29.1 Å². The third kappa shape index (κ3) is 3.92. The molecule has 0 spiro atoms. The maximum atomic E-state index is 11.2. The summed E-state index contributed by atoms with van der Waals surface area (Å²) in [5, 5.41) is 0.556. The van der Waals surface area contributed by atoms with Crippen LogP contribution in [0.4, 0.5) is 0 Å². The van der Waals surface area contributed by atoms with Gasteiger partial charge in [-0.05, 0) is 31.5 Å². The highest BCUT2D eigenvalue weighted by molar-refractivity contribution is 7.46. The van der Waals surface area contributed by atoms with Crippen molar-refractivity contribution in [2.24, 2.45) is 5.73 Å². The van der Waals surface area contributed by atoms with Crippen molar-refractivity contribution in [2.45, 2.75) is 20.0 Å². The first-order chi connectivity index (χ1) is 10.0. The van der Waals surface area contributed by atoms with Gasteiger partial charge in [0.2, 0.25) is 0 Å². The third-order valence-electron chi connectivity index (χ3n) is 2.71. The van der Waals surface area contributed by atoms with Crippen LogP contribution in [0.3, 0.4) is 0 Å². The Morgan fingerprint density at radius 3 is 2.62 bits per heavy atom. The fourth-order valence-electron chi connectivity index (χ4n) is 1.94. The smallest absolute Gasteiger partial charge is 0.284 e. The van der Waals surface area contributed by atoms with Crippen LogP contribution >= 0.6 is 20.0 Å². The molecule has 0 radical (unpaired) electrons. The average Bonchev–Trinajstić information content (AvgIpc) is 2.83. The summed E-state index contributed by atoms with van der Waals surface area (Å²) >= 11 is 6.11. The van der Waals surface area contributed by atoms with E-state index in [-0.39, 0.29) is 5.82 Å². The lowest BCUT2D eigenvalue weighted by molar-refractivity contribution is 0.0991. The number of H-pyrrole nitrogens is 1. The highest BCUT2D eigenvalue weighted by Gasteiger charge is 2.17. The van der Waals surface area contributed by atoms with E-state index in [2.05, 4.69) is 9.97 Å². The Balaban J connectivity index is 2.39. The molecule has 21 heavy (non-hydrogen) atoms. The largest absolute Gasteiger partial charge is 0.363 e. The van der Waals surface area contributed by atoms with Gasteiger partial charge < -0.3 is 19.8 Å². The summed E-state index contributed by atoms with van der Waals surface area (Å²) < 4.78 is 11.2. The predicted molar refractivity (Wildman–Crippen MR) is 83.5 cm³/mol. The fourth-order valence-corrected chi connectivity index (χ4v) is 3.54. The zero-order valence-corrected chi connectivity index (χ0v) is 13.5. The molecule has 114 valence electrons. The lowest BCUT2D eigenvalue weighted by Crippen LogP contribution is -2.12. The molecule has 0 aliphatic heterocycles. The molecule has 0 atom stereocenters. The molecule has 0 saturated carbocycles. The maximum Gasteiger partial charge on any atom is 0.284 e. The molecular weight excluding hydrogens is 313 g/mol. The van der Waals surface area contributed by atoms with Gasteiger partial charge in [0, 0.05) is 11.2 Å². The quantitative estimate of drug-likeness (QED) is 0.763. The summed E-state index contributed by atoms with van der Waals surface area (Å²) in [6.07, 6.45) is 0.553. The van der Waals surface area contributed by atoms with Crippen LogP contribution in [0.2, 0.25) is 5.02 Å². The number of imidazole rings is 1. The highest BCUT2D eigenvalue weighted by Crippen LogP contribution is 2.43. The SMILES string of the molecule is CCOP(Cc1cc(Cl)cc2[nH]c(C(N)=O)nc12)OCC. The van der Waals surface area contributed by atoms with Crippen LogP contribution in [0.1, 0.15) is 30.0 Å². The average molecular weight is 330 g/mol. The Hall–Kier alpha value is -1.20. The van der Waals surface area contributed by atoms with Crippen LogP contribution < -0.4 is 5.73 Å². The Morgan fingerprint density at radius 2 is 2.05 bits per heavy atom. The van der Waals surface area contributed by atoms with E-state index in [4.69, 9.17) is 26.4 Å². The van der Waals surface area contributed by atoms with Gasteiger partial charge in [-0.15, -0.1) is 0 Å². The number of aromatic amines is 1. The molecule has 0 bridgehead atoms.